The molecule has 5 heteroatoms. The summed E-state index contributed by atoms with van der Waals surface area (Å²) in [6.07, 6.45) is 3.84. The predicted molar refractivity (Wildman–Crippen MR) is 75.1 cm³/mol. The summed E-state index contributed by atoms with van der Waals surface area (Å²) >= 11 is 0. The molecule has 0 spiro atoms. The highest BCUT2D eigenvalue weighted by Gasteiger charge is 2.26. The number of aromatic nitrogens is 2. The fourth-order valence-electron chi connectivity index (χ4n) is 2.67. The molecule has 0 amide bonds. The van der Waals surface area contributed by atoms with E-state index in [0.29, 0.717) is 33.8 Å². The molecule has 0 N–H and O–H groups in total. The summed E-state index contributed by atoms with van der Waals surface area (Å²) in [6.45, 7) is 3.56. The molecule has 2 aromatic rings. The van der Waals surface area contributed by atoms with Gasteiger partial charge in [-0.05, 0) is 32.8 Å². The Labute approximate surface area is 116 Å². The third kappa shape index (κ3) is 1.81. The number of hydrogen-bond donors (Lipinski definition) is 0. The normalized spacial score (nSPS) is 14.6. The van der Waals surface area contributed by atoms with Crippen LogP contribution in [0, 0.1) is 13.8 Å². The first kappa shape index (κ1) is 12.8. The van der Waals surface area contributed by atoms with Crippen LogP contribution in [-0.2, 0) is 4.74 Å². The maximum Gasteiger partial charge on any atom is 0.340 e. The van der Waals surface area contributed by atoms with Gasteiger partial charge in [-0.1, -0.05) is 0 Å². The van der Waals surface area contributed by atoms with Crippen LogP contribution in [0.1, 0.15) is 40.6 Å². The fraction of sp³-hybridized carbons (Fsp3) is 0.400. The number of fused-ring (bicyclic) bond motifs is 1. The Morgan fingerprint density at radius 1 is 1.35 bits per heavy atom. The van der Waals surface area contributed by atoms with E-state index in [1.165, 1.54) is 7.11 Å². The number of pyridine rings is 2. The number of hydrogen-bond acceptors (Lipinski definition) is 4. The highest BCUT2D eigenvalue weighted by molar-refractivity contribution is 6.05. The first-order chi connectivity index (χ1) is 9.54. The molecular formula is C15H16N2O3. The van der Waals surface area contributed by atoms with E-state index in [1.807, 2.05) is 6.07 Å². The summed E-state index contributed by atoms with van der Waals surface area (Å²) in [5.74, 6) is -0.455. The van der Waals surface area contributed by atoms with E-state index in [-0.39, 0.29) is 5.56 Å². The lowest BCUT2D eigenvalue weighted by molar-refractivity contribution is 0.0601. The average molecular weight is 272 g/mol. The van der Waals surface area contributed by atoms with Crippen molar-refractivity contribution in [2.75, 3.05) is 7.11 Å². The van der Waals surface area contributed by atoms with Crippen LogP contribution in [0.4, 0.5) is 0 Å². The van der Waals surface area contributed by atoms with E-state index < -0.39 is 5.97 Å². The Hall–Kier alpha value is -2.17. The zero-order chi connectivity index (χ0) is 14.4. The zero-order valence-electron chi connectivity index (χ0n) is 11.8. The van der Waals surface area contributed by atoms with Crippen molar-refractivity contribution in [1.29, 1.82) is 0 Å². The van der Waals surface area contributed by atoms with Crippen molar-refractivity contribution in [2.24, 2.45) is 0 Å². The molecule has 2 heterocycles. The number of carbonyl (C=O) groups excluding carboxylic acids is 1. The molecule has 0 aliphatic heterocycles. The topological polar surface area (TPSA) is 61.2 Å². The number of methoxy groups -OCH3 is 1. The quantitative estimate of drug-likeness (QED) is 0.786. The summed E-state index contributed by atoms with van der Waals surface area (Å²) < 4.78 is 6.55. The Morgan fingerprint density at radius 2 is 2.05 bits per heavy atom. The van der Waals surface area contributed by atoms with E-state index in [1.54, 1.807) is 24.6 Å². The van der Waals surface area contributed by atoms with Gasteiger partial charge in [-0.25, -0.2) is 4.79 Å². The molecule has 0 unspecified atom stereocenters. The second-order valence-electron chi connectivity index (χ2n) is 5.20. The van der Waals surface area contributed by atoms with Gasteiger partial charge in [-0.3, -0.25) is 9.78 Å². The molecule has 1 saturated carbocycles. The van der Waals surface area contributed by atoms with Crippen LogP contribution in [-0.4, -0.2) is 22.6 Å². The minimum absolute atomic E-state index is 0.0693. The molecule has 0 aromatic carbocycles. The summed E-state index contributed by atoms with van der Waals surface area (Å²) in [6, 6.07) is 2.12. The van der Waals surface area contributed by atoms with Gasteiger partial charge in [-0.15, -0.1) is 0 Å². The SMILES string of the molecule is COC(=O)c1c(C)nc(C)c2c(=O)n(C3CC3)ccc12. The van der Waals surface area contributed by atoms with Gasteiger partial charge in [0.05, 0.1) is 29.4 Å². The van der Waals surface area contributed by atoms with E-state index in [4.69, 9.17) is 4.74 Å². The molecular weight excluding hydrogens is 256 g/mol. The maximum absolute atomic E-state index is 12.6. The number of rotatable bonds is 2. The van der Waals surface area contributed by atoms with E-state index in [0.717, 1.165) is 12.8 Å². The van der Waals surface area contributed by atoms with Crippen LogP contribution in [0.25, 0.3) is 10.8 Å². The Kier molecular flexibility index (Phi) is 2.85. The molecule has 1 aliphatic carbocycles. The van der Waals surface area contributed by atoms with Crippen molar-refractivity contribution in [1.82, 2.24) is 9.55 Å². The maximum atomic E-state index is 12.6. The average Bonchev–Trinajstić information content (AvgIpc) is 3.22. The van der Waals surface area contributed by atoms with Crippen LogP contribution in [0.15, 0.2) is 17.1 Å². The summed E-state index contributed by atoms with van der Waals surface area (Å²) in [5.41, 5.74) is 1.56. The first-order valence-corrected chi connectivity index (χ1v) is 6.65. The molecule has 0 saturated heterocycles. The molecule has 0 atom stereocenters. The highest BCUT2D eigenvalue weighted by Crippen LogP contribution is 2.34. The second kappa shape index (κ2) is 4.44. The lowest BCUT2D eigenvalue weighted by Crippen LogP contribution is -2.21. The lowest BCUT2D eigenvalue weighted by Gasteiger charge is -2.12. The molecule has 1 fully saturated rings. The minimum atomic E-state index is -0.455. The van der Waals surface area contributed by atoms with Gasteiger partial charge in [-0.2, -0.15) is 0 Å². The van der Waals surface area contributed by atoms with Crippen LogP contribution in [0.2, 0.25) is 0 Å². The largest absolute Gasteiger partial charge is 0.465 e. The lowest BCUT2D eigenvalue weighted by atomic mass is 10.0. The third-order valence-electron chi connectivity index (χ3n) is 3.78. The van der Waals surface area contributed by atoms with Crippen LogP contribution in [0.5, 0.6) is 0 Å². The molecule has 5 nitrogen and oxygen atoms in total. The Bertz CT molecular complexity index is 773. The van der Waals surface area contributed by atoms with Gasteiger partial charge >= 0.3 is 5.97 Å². The number of aryl methyl sites for hydroxylation is 2. The molecule has 104 valence electrons. The van der Waals surface area contributed by atoms with Gasteiger partial charge in [0.25, 0.3) is 5.56 Å². The van der Waals surface area contributed by atoms with Gasteiger partial charge in [0.1, 0.15) is 0 Å². The van der Waals surface area contributed by atoms with Crippen molar-refractivity contribution in [2.45, 2.75) is 32.7 Å². The van der Waals surface area contributed by atoms with Gasteiger partial charge in [0.2, 0.25) is 0 Å². The standard InChI is InChI=1S/C15H16N2O3/c1-8-12-11(13(9(2)16-8)15(19)20-3)6-7-17(14(12)18)10-4-5-10/h6-7,10H,4-5H2,1-3H3. The number of ether oxygens (including phenoxy) is 1. The van der Waals surface area contributed by atoms with Crippen molar-refractivity contribution in [3.63, 3.8) is 0 Å². The molecule has 2 aromatic heterocycles. The van der Waals surface area contributed by atoms with Crippen LogP contribution < -0.4 is 5.56 Å². The molecule has 0 radical (unpaired) electrons. The molecule has 3 rings (SSSR count). The van der Waals surface area contributed by atoms with E-state index in [9.17, 15) is 9.59 Å². The number of esters is 1. The van der Waals surface area contributed by atoms with Gasteiger partial charge in [0.15, 0.2) is 0 Å². The highest BCUT2D eigenvalue weighted by atomic mass is 16.5. The van der Waals surface area contributed by atoms with Gasteiger partial charge in [0, 0.05) is 17.6 Å². The predicted octanol–water partition coefficient (Wildman–Crippen LogP) is 2.13. The second-order valence-corrected chi connectivity index (χ2v) is 5.20. The summed E-state index contributed by atoms with van der Waals surface area (Å²) in [4.78, 5) is 28.8. The van der Waals surface area contributed by atoms with Crippen LogP contribution in [0.3, 0.4) is 0 Å². The number of carbonyl (C=O) groups is 1. The monoisotopic (exact) mass is 272 g/mol. The minimum Gasteiger partial charge on any atom is -0.465 e. The number of nitrogens with zero attached hydrogens (tertiary/aromatic N) is 2. The summed E-state index contributed by atoms with van der Waals surface area (Å²) in [7, 11) is 1.33. The Morgan fingerprint density at radius 3 is 2.65 bits per heavy atom. The first-order valence-electron chi connectivity index (χ1n) is 6.65. The fourth-order valence-corrected chi connectivity index (χ4v) is 2.67. The van der Waals surface area contributed by atoms with Crippen LogP contribution >= 0.6 is 0 Å². The van der Waals surface area contributed by atoms with E-state index in [2.05, 4.69) is 4.98 Å². The van der Waals surface area contributed by atoms with Crippen molar-refractivity contribution < 1.29 is 9.53 Å². The van der Waals surface area contributed by atoms with E-state index >= 15 is 0 Å². The van der Waals surface area contributed by atoms with Gasteiger partial charge < -0.3 is 9.30 Å². The van der Waals surface area contributed by atoms with Crippen molar-refractivity contribution >= 4 is 16.7 Å². The Balaban J connectivity index is 2.39. The van der Waals surface area contributed by atoms with Crippen molar-refractivity contribution in [3.05, 3.63) is 39.6 Å². The third-order valence-corrected chi connectivity index (χ3v) is 3.78. The zero-order valence-corrected chi connectivity index (χ0v) is 11.8. The molecule has 1 aliphatic rings. The smallest absolute Gasteiger partial charge is 0.340 e. The molecule has 0 bridgehead atoms. The summed E-state index contributed by atoms with van der Waals surface area (Å²) in [5, 5.41) is 1.15. The molecule has 20 heavy (non-hydrogen) atoms. The van der Waals surface area contributed by atoms with Crippen molar-refractivity contribution in [3.8, 4) is 0 Å².